The third-order valence-corrected chi connectivity index (χ3v) is 7.06. The highest BCUT2D eigenvalue weighted by Gasteiger charge is 2.37. The number of carbonyl (C=O) groups is 1. The van der Waals surface area contributed by atoms with Gasteiger partial charge in [-0.25, -0.2) is 9.78 Å². The van der Waals surface area contributed by atoms with E-state index in [2.05, 4.69) is 51.9 Å². The molecule has 0 spiro atoms. The number of benzene rings is 3. The number of rotatable bonds is 10. The monoisotopic (exact) mass is 508 g/mol. The molecule has 8 heteroatoms. The van der Waals surface area contributed by atoms with E-state index in [0.717, 1.165) is 29.5 Å². The smallest absolute Gasteiger partial charge is 0.360 e. The summed E-state index contributed by atoms with van der Waals surface area (Å²) in [4.78, 5) is 21.9. The van der Waals surface area contributed by atoms with Crippen molar-refractivity contribution < 1.29 is 14.7 Å². The van der Waals surface area contributed by atoms with Crippen LogP contribution in [0.3, 0.4) is 0 Å². The van der Waals surface area contributed by atoms with Gasteiger partial charge in [0, 0.05) is 11.3 Å². The van der Waals surface area contributed by atoms with Crippen molar-refractivity contribution in [1.82, 2.24) is 4.98 Å². The summed E-state index contributed by atoms with van der Waals surface area (Å²) in [6.45, 7) is 0. The average molecular weight is 509 g/mol. The quantitative estimate of drug-likeness (QED) is 0.163. The Morgan fingerprint density at radius 3 is 1.95 bits per heavy atom. The number of carboxylic acids is 1. The second-order valence-corrected chi connectivity index (χ2v) is 9.61. The van der Waals surface area contributed by atoms with Gasteiger partial charge < -0.3 is 15.3 Å². The fraction of sp³-hybridized carbons (Fsp3) is 0.172. The zero-order valence-electron chi connectivity index (χ0n) is 19.8. The van der Waals surface area contributed by atoms with E-state index in [1.54, 1.807) is 5.38 Å². The van der Waals surface area contributed by atoms with Gasteiger partial charge in [0.25, 0.3) is 0 Å². The minimum Gasteiger partial charge on any atom is -0.476 e. The molecule has 1 fully saturated rings. The van der Waals surface area contributed by atoms with Crippen molar-refractivity contribution in [2.45, 2.75) is 24.5 Å². The van der Waals surface area contributed by atoms with Crippen molar-refractivity contribution in [1.29, 1.82) is 5.26 Å². The van der Waals surface area contributed by atoms with E-state index < -0.39 is 17.6 Å². The van der Waals surface area contributed by atoms with Crippen molar-refractivity contribution in [2.75, 3.05) is 5.32 Å². The highest BCUT2D eigenvalue weighted by atomic mass is 32.1. The molecule has 1 aromatic heterocycles. The van der Waals surface area contributed by atoms with Gasteiger partial charge in [0.15, 0.2) is 5.13 Å². The summed E-state index contributed by atoms with van der Waals surface area (Å²) in [6.07, 6.45) is 0.996. The van der Waals surface area contributed by atoms with E-state index in [1.165, 1.54) is 11.3 Å². The van der Waals surface area contributed by atoms with Crippen molar-refractivity contribution in [2.24, 2.45) is 11.1 Å². The van der Waals surface area contributed by atoms with Gasteiger partial charge in [-0.15, -0.1) is 11.3 Å². The molecule has 3 aromatic carbocycles. The molecule has 0 saturated heterocycles. The molecule has 1 atom stereocenters. The molecule has 0 aliphatic heterocycles. The van der Waals surface area contributed by atoms with Crippen LogP contribution in [0, 0.1) is 17.2 Å². The Labute approximate surface area is 218 Å². The zero-order valence-corrected chi connectivity index (χ0v) is 20.6. The third kappa shape index (κ3) is 5.08. The molecule has 0 radical (unpaired) electrons. The summed E-state index contributed by atoms with van der Waals surface area (Å²) >= 11 is 1.28. The number of anilines is 1. The number of thiazole rings is 1. The van der Waals surface area contributed by atoms with Crippen LogP contribution in [0.2, 0.25) is 0 Å². The number of aromatic nitrogens is 1. The summed E-state index contributed by atoms with van der Waals surface area (Å²) in [6, 6.07) is 32.2. The van der Waals surface area contributed by atoms with Crippen LogP contribution in [0.25, 0.3) is 0 Å². The Bertz CT molecular complexity index is 1330. The molecule has 1 unspecified atom stereocenters. The first kappa shape index (κ1) is 24.2. The molecule has 184 valence electrons. The fourth-order valence-electron chi connectivity index (χ4n) is 4.30. The van der Waals surface area contributed by atoms with Crippen LogP contribution in [0.1, 0.15) is 35.2 Å². The molecular formula is C29H24N4O3S. The van der Waals surface area contributed by atoms with Crippen LogP contribution < -0.4 is 5.32 Å². The second kappa shape index (κ2) is 10.6. The van der Waals surface area contributed by atoms with E-state index in [0.29, 0.717) is 5.13 Å². The second-order valence-electron chi connectivity index (χ2n) is 8.75. The lowest BCUT2D eigenvalue weighted by Gasteiger charge is -2.36. The molecule has 5 rings (SSSR count). The lowest BCUT2D eigenvalue weighted by molar-refractivity contribution is -0.129. The number of nitrogens with zero attached hydrogens (tertiary/aromatic N) is 3. The largest absolute Gasteiger partial charge is 0.476 e. The normalized spacial score (nSPS) is 14.4. The van der Waals surface area contributed by atoms with Crippen LogP contribution in [0.15, 0.2) is 102 Å². The molecule has 7 nitrogen and oxygen atoms in total. The van der Waals surface area contributed by atoms with Crippen LogP contribution in [0.4, 0.5) is 5.13 Å². The molecule has 0 amide bonds. The van der Waals surface area contributed by atoms with Crippen LogP contribution in [0.5, 0.6) is 0 Å². The van der Waals surface area contributed by atoms with Crippen molar-refractivity contribution in [3.05, 3.63) is 119 Å². The topological polar surface area (TPSA) is 108 Å². The number of oxime groups is 1. The maximum atomic E-state index is 12.0. The van der Waals surface area contributed by atoms with Gasteiger partial charge in [0.1, 0.15) is 17.3 Å². The molecule has 1 aliphatic carbocycles. The summed E-state index contributed by atoms with van der Waals surface area (Å²) in [7, 11) is 0. The molecule has 1 saturated carbocycles. The highest BCUT2D eigenvalue weighted by Crippen LogP contribution is 2.40. The Morgan fingerprint density at radius 2 is 1.51 bits per heavy atom. The number of hydrogen-bond acceptors (Lipinski definition) is 7. The lowest BCUT2D eigenvalue weighted by atomic mass is 9.77. The molecule has 1 aliphatic rings. The minimum absolute atomic E-state index is 0.0969. The lowest BCUT2D eigenvalue weighted by Crippen LogP contribution is -2.38. The van der Waals surface area contributed by atoms with Crippen molar-refractivity contribution in [3.8, 4) is 6.07 Å². The van der Waals surface area contributed by atoms with Crippen molar-refractivity contribution in [3.63, 3.8) is 0 Å². The fourth-order valence-corrected chi connectivity index (χ4v) is 5.05. The number of nitrogens with one attached hydrogen (secondary N) is 1. The minimum atomic E-state index is -1.27. The summed E-state index contributed by atoms with van der Waals surface area (Å²) in [5, 5.41) is 28.7. The van der Waals surface area contributed by atoms with Gasteiger partial charge in [-0.2, -0.15) is 5.26 Å². The van der Waals surface area contributed by atoms with Gasteiger partial charge in [-0.05, 0) is 29.5 Å². The first-order valence-corrected chi connectivity index (χ1v) is 12.8. The van der Waals surface area contributed by atoms with Gasteiger partial charge in [-0.3, -0.25) is 0 Å². The number of hydrogen-bond donors (Lipinski definition) is 2. The SMILES string of the molecule is N#CC(ON=C(C(=O)O)c1csc(NC(c2ccccc2)(c2ccccc2)c2ccccc2)n1)C1CC1. The van der Waals surface area contributed by atoms with Gasteiger partial charge in [0.05, 0.1) is 0 Å². The predicted molar refractivity (Wildman–Crippen MR) is 142 cm³/mol. The van der Waals surface area contributed by atoms with Crippen LogP contribution >= 0.6 is 11.3 Å². The Kier molecular flexibility index (Phi) is 6.97. The third-order valence-electron chi connectivity index (χ3n) is 6.30. The first-order valence-electron chi connectivity index (χ1n) is 11.9. The summed E-state index contributed by atoms with van der Waals surface area (Å²) in [5.41, 5.74) is 2.03. The molecule has 1 heterocycles. The van der Waals surface area contributed by atoms with E-state index in [1.807, 2.05) is 60.7 Å². The molecular weight excluding hydrogens is 484 g/mol. The maximum Gasteiger partial charge on any atom is 0.360 e. The number of carboxylic acid groups (broad SMARTS) is 1. The Morgan fingerprint density at radius 1 is 1.00 bits per heavy atom. The predicted octanol–water partition coefficient (Wildman–Crippen LogP) is 5.65. The van der Waals surface area contributed by atoms with E-state index >= 15 is 0 Å². The van der Waals surface area contributed by atoms with Gasteiger partial charge in [-0.1, -0.05) is 96.2 Å². The van der Waals surface area contributed by atoms with Gasteiger partial charge >= 0.3 is 5.97 Å². The first-order chi connectivity index (χ1) is 18.1. The Balaban J connectivity index is 1.57. The number of aliphatic carboxylic acids is 1. The highest BCUT2D eigenvalue weighted by molar-refractivity contribution is 7.14. The van der Waals surface area contributed by atoms with E-state index in [4.69, 9.17) is 4.84 Å². The van der Waals surface area contributed by atoms with E-state index in [9.17, 15) is 15.2 Å². The standard InChI is InChI=1S/C29H24N4O3S/c30-18-25(20-16-17-20)36-33-26(27(34)35)24-19-37-28(31-24)32-29(21-10-4-1-5-11-21,22-12-6-2-7-13-22)23-14-8-3-9-15-23/h1-15,19-20,25H,16-17H2,(H,31,32)(H,34,35). The molecule has 37 heavy (non-hydrogen) atoms. The number of nitriles is 1. The molecule has 0 bridgehead atoms. The van der Waals surface area contributed by atoms with Crippen LogP contribution in [-0.2, 0) is 15.2 Å². The van der Waals surface area contributed by atoms with E-state index in [-0.39, 0.29) is 17.3 Å². The Hall–Kier alpha value is -4.48. The molecule has 2 N–H and O–H groups in total. The van der Waals surface area contributed by atoms with Crippen LogP contribution in [-0.4, -0.2) is 27.9 Å². The summed E-state index contributed by atoms with van der Waals surface area (Å²) in [5.74, 6) is -1.18. The van der Waals surface area contributed by atoms with Crippen molar-refractivity contribution >= 4 is 28.1 Å². The summed E-state index contributed by atoms with van der Waals surface area (Å²) < 4.78 is 0. The molecule has 4 aromatic rings. The van der Waals surface area contributed by atoms with Gasteiger partial charge in [0.2, 0.25) is 11.8 Å². The average Bonchev–Trinajstić information content (AvgIpc) is 3.69. The maximum absolute atomic E-state index is 12.0. The zero-order chi connectivity index (χ0) is 25.7.